The van der Waals surface area contributed by atoms with Gasteiger partial charge in [-0.3, -0.25) is 5.26 Å². The zero-order valence-electron chi connectivity index (χ0n) is 24.8. The van der Waals surface area contributed by atoms with Crippen LogP contribution in [0.2, 0.25) is 0 Å². The molecular formula is C31H53IN2O5. The average Bonchev–Trinajstić information content (AvgIpc) is 2.93. The van der Waals surface area contributed by atoms with Crippen molar-refractivity contribution in [3.05, 3.63) is 0 Å². The van der Waals surface area contributed by atoms with Crippen molar-refractivity contribution in [3.63, 3.8) is 0 Å². The molecule has 4 aliphatic carbocycles. The molecule has 4 saturated carbocycles. The normalized spacial score (nSPS) is 53.5. The maximum atomic E-state index is 10.3. The average molecular weight is 661 g/mol. The summed E-state index contributed by atoms with van der Waals surface area (Å²) in [7, 11) is 0. The number of hydrogen-bond donors (Lipinski definition) is 3. The fourth-order valence-electron chi connectivity index (χ4n) is 11.2. The molecule has 224 valence electrons. The smallest absolute Gasteiger partial charge is 0.192 e. The minimum atomic E-state index is -0.910. The predicted octanol–water partition coefficient (Wildman–Crippen LogP) is 5.88. The zero-order valence-corrected chi connectivity index (χ0v) is 27.0. The van der Waals surface area contributed by atoms with Crippen LogP contribution in [0.4, 0.5) is 0 Å². The van der Waals surface area contributed by atoms with Crippen LogP contribution in [-0.4, -0.2) is 58.2 Å². The molecule has 39 heavy (non-hydrogen) atoms. The van der Waals surface area contributed by atoms with Crippen molar-refractivity contribution in [2.24, 2.45) is 46.2 Å². The predicted molar refractivity (Wildman–Crippen MR) is 159 cm³/mol. The molecule has 4 N–H and O–H groups in total. The highest BCUT2D eigenvalue weighted by Crippen LogP contribution is 2.74. The van der Waals surface area contributed by atoms with Gasteiger partial charge in [0, 0.05) is 30.0 Å². The maximum Gasteiger partial charge on any atom is 0.192 e. The van der Waals surface area contributed by atoms with Crippen LogP contribution in [0.15, 0.2) is 0 Å². The second kappa shape index (κ2) is 10.3. The molecule has 7 unspecified atom stereocenters. The first-order chi connectivity index (χ1) is 18.3. The Morgan fingerprint density at radius 1 is 1.05 bits per heavy atom. The molecule has 0 amide bonds. The van der Waals surface area contributed by atoms with Crippen molar-refractivity contribution in [3.8, 4) is 0 Å². The third-order valence-electron chi connectivity index (χ3n) is 12.1. The minimum Gasteiger partial charge on any atom is -0.379 e. The van der Waals surface area contributed by atoms with Gasteiger partial charge in [-0.25, -0.2) is 4.89 Å². The first-order valence-corrected chi connectivity index (χ1v) is 16.9. The van der Waals surface area contributed by atoms with Gasteiger partial charge in [-0.2, -0.15) is 0 Å². The van der Waals surface area contributed by atoms with E-state index in [1.807, 2.05) is 0 Å². The summed E-state index contributed by atoms with van der Waals surface area (Å²) in [6.07, 6.45) is 10.6. The van der Waals surface area contributed by atoms with E-state index in [-0.39, 0.29) is 33.5 Å². The number of nitrogens with one attached hydrogen (secondary N) is 1. The third kappa shape index (κ3) is 4.87. The van der Waals surface area contributed by atoms with Crippen LogP contribution in [0.3, 0.4) is 0 Å². The number of halogens is 1. The van der Waals surface area contributed by atoms with Gasteiger partial charge in [-0.15, -0.1) is 0 Å². The van der Waals surface area contributed by atoms with Crippen molar-refractivity contribution >= 4 is 22.6 Å². The Hall–Kier alpha value is 0.450. The Morgan fingerprint density at radius 2 is 1.85 bits per heavy atom. The van der Waals surface area contributed by atoms with Crippen molar-refractivity contribution in [2.75, 3.05) is 19.8 Å². The van der Waals surface area contributed by atoms with Gasteiger partial charge < -0.3 is 25.3 Å². The summed E-state index contributed by atoms with van der Waals surface area (Å²) in [6, 6.07) is -0.0231. The molecule has 0 spiro atoms. The van der Waals surface area contributed by atoms with Crippen molar-refractivity contribution in [1.29, 1.82) is 0 Å². The number of hydrogen-bond acceptors (Lipinski definition) is 7. The molecule has 0 radical (unpaired) electrons. The zero-order chi connectivity index (χ0) is 27.8. The quantitative estimate of drug-likeness (QED) is 0.0935. The van der Waals surface area contributed by atoms with Crippen molar-refractivity contribution in [1.82, 2.24) is 5.32 Å². The lowest BCUT2D eigenvalue weighted by Crippen LogP contribution is -2.77. The van der Waals surface area contributed by atoms with Crippen LogP contribution >= 0.6 is 22.6 Å². The van der Waals surface area contributed by atoms with E-state index < -0.39 is 11.9 Å². The Balaban J connectivity index is 0.998. The molecule has 12 atom stereocenters. The molecule has 0 bridgehead atoms. The molecule has 0 aromatic carbocycles. The fraction of sp³-hybridized carbons (Fsp3) is 1.00. The molecule has 2 aliphatic heterocycles. The van der Waals surface area contributed by atoms with Gasteiger partial charge >= 0.3 is 0 Å². The summed E-state index contributed by atoms with van der Waals surface area (Å²) < 4.78 is 18.9. The highest BCUT2D eigenvalue weighted by molar-refractivity contribution is 14.1. The summed E-state index contributed by atoms with van der Waals surface area (Å²) in [5.74, 6) is 2.20. The SMILES string of the molecule is CC1[C@@H](COCCCCNC23CC4CC(C)(CC(C)(C)C2)C43)OC2O[C@@](C)(I)CCC3[C@H](N)CC[C@@H]1[C@@]23OO. The van der Waals surface area contributed by atoms with Gasteiger partial charge in [0.05, 0.1) is 12.7 Å². The van der Waals surface area contributed by atoms with E-state index in [1.165, 1.54) is 25.7 Å². The topological polar surface area (TPSA) is 95.2 Å². The van der Waals surface area contributed by atoms with Crippen LogP contribution in [0, 0.1) is 40.4 Å². The summed E-state index contributed by atoms with van der Waals surface area (Å²) in [5, 5.41) is 14.4. The summed E-state index contributed by atoms with van der Waals surface area (Å²) in [4.78, 5) is 5.40. The molecule has 2 saturated heterocycles. The monoisotopic (exact) mass is 660 g/mol. The Labute approximate surface area is 249 Å². The number of ether oxygens (including phenoxy) is 3. The lowest BCUT2D eigenvalue weighted by molar-refractivity contribution is -0.443. The van der Waals surface area contributed by atoms with Gasteiger partial charge in [0.2, 0.25) is 0 Å². The number of unbranched alkanes of at least 4 members (excludes halogenated alkanes) is 1. The molecule has 6 fully saturated rings. The third-order valence-corrected chi connectivity index (χ3v) is 12.9. The van der Waals surface area contributed by atoms with E-state index >= 15 is 0 Å². The van der Waals surface area contributed by atoms with Crippen molar-refractivity contribution in [2.45, 2.75) is 132 Å². The van der Waals surface area contributed by atoms with Gasteiger partial charge in [-0.05, 0) is 129 Å². The summed E-state index contributed by atoms with van der Waals surface area (Å²) in [5.41, 5.74) is 7.08. The number of nitrogens with two attached hydrogens (primary N) is 1. The number of alkyl halides is 1. The standard InChI is InChI=1S/C31H53IN2O5/c1-19-21-8-9-23(33)22-10-11-29(5,32)38-26(31(21,22)39-35)37-24(19)16-36-13-7-6-12-34-30-15-20-14-28(4,25(20)30)17-27(2,3)18-30/h19-26,34-35H,6-18,33H2,1-5H3/t19?,20?,21-,22?,23+,24+,25?,26?,28?,29+,30?,31-/m0/s1. The fourth-order valence-corrected chi connectivity index (χ4v) is 11.7. The van der Waals surface area contributed by atoms with Crippen LogP contribution in [0.1, 0.15) is 98.8 Å². The molecule has 0 aromatic heterocycles. The molecule has 0 aromatic rings. The van der Waals surface area contributed by atoms with Crippen LogP contribution in [0.25, 0.3) is 0 Å². The maximum absolute atomic E-state index is 10.3. The second-order valence-corrected chi connectivity index (χ2v) is 18.0. The first-order valence-electron chi connectivity index (χ1n) is 15.8. The van der Waals surface area contributed by atoms with E-state index in [0.29, 0.717) is 23.0 Å². The first kappa shape index (κ1) is 29.5. The summed E-state index contributed by atoms with van der Waals surface area (Å²) >= 11 is 2.36. The second-order valence-electron chi connectivity index (χ2n) is 15.7. The van der Waals surface area contributed by atoms with Crippen LogP contribution < -0.4 is 11.1 Å². The van der Waals surface area contributed by atoms with E-state index in [9.17, 15) is 5.26 Å². The van der Waals surface area contributed by atoms with E-state index in [0.717, 1.165) is 63.5 Å². The van der Waals surface area contributed by atoms with E-state index in [2.05, 4.69) is 62.5 Å². The van der Waals surface area contributed by atoms with Gasteiger partial charge in [-0.1, -0.05) is 27.7 Å². The van der Waals surface area contributed by atoms with E-state index in [4.69, 9.17) is 24.8 Å². The Bertz CT molecular complexity index is 919. The van der Waals surface area contributed by atoms with Crippen molar-refractivity contribution < 1.29 is 24.4 Å². The molecule has 6 aliphatic rings. The number of rotatable bonds is 9. The van der Waals surface area contributed by atoms with Gasteiger partial charge in [0.25, 0.3) is 0 Å². The van der Waals surface area contributed by atoms with Gasteiger partial charge in [0.15, 0.2) is 11.9 Å². The highest BCUT2D eigenvalue weighted by Gasteiger charge is 2.71. The lowest BCUT2D eigenvalue weighted by Gasteiger charge is -2.76. The summed E-state index contributed by atoms with van der Waals surface area (Å²) in [6.45, 7) is 14.2. The van der Waals surface area contributed by atoms with Crippen LogP contribution in [-0.2, 0) is 19.1 Å². The molecule has 8 heteroatoms. The molecular weight excluding hydrogens is 607 g/mol. The molecule has 6 rings (SSSR count). The Morgan fingerprint density at radius 3 is 2.59 bits per heavy atom. The minimum absolute atomic E-state index is 0.0117. The largest absolute Gasteiger partial charge is 0.379 e. The highest BCUT2D eigenvalue weighted by atomic mass is 127. The lowest BCUT2D eigenvalue weighted by atomic mass is 9.31. The van der Waals surface area contributed by atoms with Gasteiger partial charge in [0.1, 0.15) is 3.61 Å². The van der Waals surface area contributed by atoms with E-state index in [1.54, 1.807) is 0 Å². The molecule has 2 heterocycles. The Kier molecular flexibility index (Phi) is 7.78. The van der Waals surface area contributed by atoms with Crippen LogP contribution in [0.5, 0.6) is 0 Å². The molecule has 7 nitrogen and oxygen atoms in total.